The minimum absolute atomic E-state index is 0.386. The molecule has 0 nitrogen and oxygen atoms in total. The Labute approximate surface area is 132 Å². The van der Waals surface area contributed by atoms with Gasteiger partial charge < -0.3 is 0 Å². The zero-order valence-corrected chi connectivity index (χ0v) is 13.5. The largest absolute Gasteiger partial charge is 0.207 e. The fraction of sp³-hybridized carbons (Fsp3) is 0.600. The number of hydrogen-bond donors (Lipinski definition) is 0. The van der Waals surface area contributed by atoms with Crippen molar-refractivity contribution >= 4 is 6.08 Å². The van der Waals surface area contributed by atoms with Crippen molar-refractivity contribution in [2.24, 2.45) is 11.8 Å². The summed E-state index contributed by atoms with van der Waals surface area (Å²) in [5, 5.41) is 0. The molecule has 0 atom stereocenters. The van der Waals surface area contributed by atoms with E-state index in [1.807, 2.05) is 6.08 Å². The van der Waals surface area contributed by atoms with E-state index in [0.717, 1.165) is 42.7 Å². The van der Waals surface area contributed by atoms with Gasteiger partial charge in [0.1, 0.15) is 11.6 Å². The summed E-state index contributed by atoms with van der Waals surface area (Å²) in [6.07, 6.45) is 12.9. The highest BCUT2D eigenvalue weighted by Crippen LogP contribution is 2.35. The number of rotatable bonds is 4. The van der Waals surface area contributed by atoms with Crippen LogP contribution in [0.1, 0.15) is 69.4 Å². The SMILES string of the molecule is CCC1CCC(CCC2=Cc3cc(F)cc(F)c3CC2)CC1. The van der Waals surface area contributed by atoms with Crippen LogP contribution >= 0.6 is 0 Å². The van der Waals surface area contributed by atoms with Crippen LogP contribution in [0.15, 0.2) is 17.7 Å². The molecule has 0 N–H and O–H groups in total. The summed E-state index contributed by atoms with van der Waals surface area (Å²) < 4.78 is 27.1. The molecule has 0 aliphatic heterocycles. The van der Waals surface area contributed by atoms with Crippen molar-refractivity contribution in [1.29, 1.82) is 0 Å². The van der Waals surface area contributed by atoms with Gasteiger partial charge in [-0.3, -0.25) is 0 Å². The van der Waals surface area contributed by atoms with Gasteiger partial charge in [0.05, 0.1) is 0 Å². The summed E-state index contributed by atoms with van der Waals surface area (Å²) in [6.45, 7) is 2.30. The lowest BCUT2D eigenvalue weighted by Gasteiger charge is -2.28. The molecule has 0 unspecified atom stereocenters. The first kappa shape index (κ1) is 15.7. The Morgan fingerprint density at radius 3 is 2.45 bits per heavy atom. The third kappa shape index (κ3) is 3.59. The Bertz CT molecular complexity index is 551. The van der Waals surface area contributed by atoms with E-state index in [1.54, 1.807) is 0 Å². The van der Waals surface area contributed by atoms with Gasteiger partial charge in [-0.05, 0) is 54.7 Å². The zero-order valence-electron chi connectivity index (χ0n) is 13.5. The number of hydrogen-bond acceptors (Lipinski definition) is 0. The van der Waals surface area contributed by atoms with Gasteiger partial charge in [-0.25, -0.2) is 8.78 Å². The molecule has 0 spiro atoms. The number of fused-ring (bicyclic) bond motifs is 1. The molecule has 1 aromatic rings. The van der Waals surface area contributed by atoms with Gasteiger partial charge >= 0.3 is 0 Å². The average Bonchev–Trinajstić information content (AvgIpc) is 2.53. The minimum atomic E-state index is -0.466. The number of halogens is 2. The second-order valence-electron chi connectivity index (χ2n) is 7.09. The Morgan fingerprint density at radius 2 is 1.73 bits per heavy atom. The first-order valence-electron chi connectivity index (χ1n) is 8.83. The molecule has 0 radical (unpaired) electrons. The maximum Gasteiger partial charge on any atom is 0.129 e. The lowest BCUT2D eigenvalue weighted by molar-refractivity contribution is 0.258. The predicted molar refractivity (Wildman–Crippen MR) is 87.6 cm³/mol. The Hall–Kier alpha value is -1.18. The molecule has 1 aromatic carbocycles. The summed E-state index contributed by atoms with van der Waals surface area (Å²) in [5.41, 5.74) is 2.82. The van der Waals surface area contributed by atoms with Crippen LogP contribution in [0.2, 0.25) is 0 Å². The second-order valence-corrected chi connectivity index (χ2v) is 7.09. The standard InChI is InChI=1S/C20H26F2/c1-2-14-3-5-15(6-4-14)7-8-16-9-10-19-17(11-16)12-18(21)13-20(19)22/h11-15H,2-10H2,1H3. The van der Waals surface area contributed by atoms with E-state index in [1.165, 1.54) is 50.2 Å². The molecule has 0 saturated heterocycles. The highest BCUT2D eigenvalue weighted by molar-refractivity contribution is 5.60. The summed E-state index contributed by atoms with van der Waals surface area (Å²) in [7, 11) is 0. The van der Waals surface area contributed by atoms with Crippen molar-refractivity contribution in [2.75, 3.05) is 0 Å². The average molecular weight is 304 g/mol. The molecule has 0 amide bonds. The number of allylic oxidation sites excluding steroid dienone is 1. The first-order valence-corrected chi connectivity index (χ1v) is 8.83. The van der Waals surface area contributed by atoms with Crippen LogP contribution in [0.5, 0.6) is 0 Å². The van der Waals surface area contributed by atoms with Crippen LogP contribution in [-0.4, -0.2) is 0 Å². The molecule has 0 bridgehead atoms. The highest BCUT2D eigenvalue weighted by atomic mass is 19.1. The van der Waals surface area contributed by atoms with Crippen molar-refractivity contribution in [3.05, 3.63) is 40.5 Å². The van der Waals surface area contributed by atoms with Crippen molar-refractivity contribution in [1.82, 2.24) is 0 Å². The molecule has 2 aliphatic carbocycles. The van der Waals surface area contributed by atoms with Gasteiger partial charge in [0.15, 0.2) is 0 Å². The highest BCUT2D eigenvalue weighted by Gasteiger charge is 2.21. The summed E-state index contributed by atoms with van der Waals surface area (Å²) in [5.74, 6) is 0.951. The molecule has 1 saturated carbocycles. The molecule has 2 aliphatic rings. The third-order valence-corrected chi connectivity index (χ3v) is 5.67. The van der Waals surface area contributed by atoms with Crippen LogP contribution in [0.4, 0.5) is 8.78 Å². The fourth-order valence-corrected chi connectivity index (χ4v) is 4.11. The van der Waals surface area contributed by atoms with Crippen molar-refractivity contribution in [3.63, 3.8) is 0 Å². The maximum atomic E-state index is 13.7. The Morgan fingerprint density at radius 1 is 1.00 bits per heavy atom. The van der Waals surface area contributed by atoms with Gasteiger partial charge in [0.25, 0.3) is 0 Å². The molecule has 0 aromatic heterocycles. The lowest BCUT2D eigenvalue weighted by Crippen LogP contribution is -2.14. The molecular formula is C20H26F2. The maximum absolute atomic E-state index is 13.7. The van der Waals surface area contributed by atoms with E-state index in [0.29, 0.717) is 5.56 Å². The Kier molecular flexibility index (Phi) is 4.95. The molecule has 22 heavy (non-hydrogen) atoms. The monoisotopic (exact) mass is 304 g/mol. The van der Waals surface area contributed by atoms with Gasteiger partial charge in [-0.2, -0.15) is 0 Å². The Balaban J connectivity index is 1.59. The quantitative estimate of drug-likeness (QED) is 0.613. The van der Waals surface area contributed by atoms with Crippen molar-refractivity contribution < 1.29 is 8.78 Å². The van der Waals surface area contributed by atoms with Crippen LogP contribution in [0, 0.1) is 23.5 Å². The zero-order chi connectivity index (χ0) is 15.5. The number of benzene rings is 1. The van der Waals surface area contributed by atoms with Crippen LogP contribution in [0.3, 0.4) is 0 Å². The van der Waals surface area contributed by atoms with Gasteiger partial charge in [-0.15, -0.1) is 0 Å². The van der Waals surface area contributed by atoms with Gasteiger partial charge in [0, 0.05) is 6.07 Å². The molecule has 0 heterocycles. The second kappa shape index (κ2) is 6.93. The lowest BCUT2D eigenvalue weighted by atomic mass is 9.78. The van der Waals surface area contributed by atoms with Crippen LogP contribution in [-0.2, 0) is 6.42 Å². The van der Waals surface area contributed by atoms with Crippen molar-refractivity contribution in [2.45, 2.75) is 64.7 Å². The molecule has 2 heteroatoms. The van der Waals surface area contributed by atoms with E-state index in [-0.39, 0.29) is 5.82 Å². The van der Waals surface area contributed by atoms with E-state index in [2.05, 4.69) is 6.92 Å². The van der Waals surface area contributed by atoms with Crippen molar-refractivity contribution in [3.8, 4) is 0 Å². The van der Waals surface area contributed by atoms with E-state index < -0.39 is 5.82 Å². The summed E-state index contributed by atoms with van der Waals surface area (Å²) >= 11 is 0. The summed E-state index contributed by atoms with van der Waals surface area (Å²) in [6, 6.07) is 2.48. The molecule has 120 valence electrons. The van der Waals surface area contributed by atoms with E-state index >= 15 is 0 Å². The molecule has 1 fully saturated rings. The molecule has 3 rings (SSSR count). The smallest absolute Gasteiger partial charge is 0.129 e. The fourth-order valence-electron chi connectivity index (χ4n) is 4.11. The predicted octanol–water partition coefficient (Wildman–Crippen LogP) is 6.29. The van der Waals surface area contributed by atoms with Gasteiger partial charge in [-0.1, -0.05) is 50.7 Å². The normalized spacial score (nSPS) is 24.8. The first-order chi connectivity index (χ1) is 10.7. The summed E-state index contributed by atoms with van der Waals surface area (Å²) in [4.78, 5) is 0. The van der Waals surface area contributed by atoms with Gasteiger partial charge in [0.2, 0.25) is 0 Å². The van der Waals surface area contributed by atoms with Crippen LogP contribution < -0.4 is 0 Å². The van der Waals surface area contributed by atoms with E-state index in [9.17, 15) is 8.78 Å². The van der Waals surface area contributed by atoms with Crippen LogP contribution in [0.25, 0.3) is 6.08 Å². The third-order valence-electron chi connectivity index (χ3n) is 5.67. The minimum Gasteiger partial charge on any atom is -0.207 e. The topological polar surface area (TPSA) is 0 Å². The van der Waals surface area contributed by atoms with E-state index in [4.69, 9.17) is 0 Å². The molecular weight excluding hydrogens is 278 g/mol.